The molecule has 0 aromatic carbocycles. The van der Waals surface area contributed by atoms with E-state index in [1.165, 1.54) is 0 Å². The van der Waals surface area contributed by atoms with Crippen LogP contribution in [0.4, 0.5) is 8.78 Å². The van der Waals surface area contributed by atoms with E-state index in [1.807, 2.05) is 27.7 Å². The zero-order valence-corrected chi connectivity index (χ0v) is 9.19. The largest absolute Gasteiger partial charge is 0.251 e. The Bertz CT molecular complexity index is 107. The van der Waals surface area contributed by atoms with Gasteiger partial charge in [0.05, 0.1) is 13.3 Å². The summed E-state index contributed by atoms with van der Waals surface area (Å²) >= 11 is 0. The summed E-state index contributed by atoms with van der Waals surface area (Å²) in [7, 11) is 0. The van der Waals surface area contributed by atoms with Crippen molar-refractivity contribution in [3.05, 3.63) is 0 Å². The third kappa shape index (κ3) is 4.58. The van der Waals surface area contributed by atoms with Gasteiger partial charge in [-0.2, -0.15) is 0 Å². The Morgan fingerprint density at radius 2 is 1.08 bits per heavy atom. The van der Waals surface area contributed by atoms with Crippen LogP contribution < -0.4 is 0 Å². The maximum Gasteiger partial charge on any atom is 0.0925 e. The first-order chi connectivity index (χ1) is 6.02. The standard InChI is InChI=1S/C11H22F2/c1-8(2)10(6-12)5-11(7-13)9(3)4/h8-11H,5-7H2,1-4H3. The molecule has 0 rings (SSSR count). The fraction of sp³-hybridized carbons (Fsp3) is 1.00. The molecule has 0 heterocycles. The van der Waals surface area contributed by atoms with Gasteiger partial charge in [-0.25, -0.2) is 0 Å². The van der Waals surface area contributed by atoms with E-state index in [9.17, 15) is 8.78 Å². The molecule has 2 atom stereocenters. The lowest BCUT2D eigenvalue weighted by molar-refractivity contribution is 0.183. The molecule has 0 nitrogen and oxygen atoms in total. The van der Waals surface area contributed by atoms with Crippen LogP contribution in [0.3, 0.4) is 0 Å². The summed E-state index contributed by atoms with van der Waals surface area (Å²) in [6.45, 7) is 7.36. The molecular formula is C11H22F2. The van der Waals surface area contributed by atoms with Crippen LogP contribution in [0.1, 0.15) is 34.1 Å². The van der Waals surface area contributed by atoms with E-state index < -0.39 is 0 Å². The molecule has 0 aromatic rings. The Hall–Kier alpha value is -0.140. The van der Waals surface area contributed by atoms with Gasteiger partial charge in [0.2, 0.25) is 0 Å². The first kappa shape index (κ1) is 12.9. The quantitative estimate of drug-likeness (QED) is 0.599. The van der Waals surface area contributed by atoms with Crippen molar-refractivity contribution in [3.8, 4) is 0 Å². The van der Waals surface area contributed by atoms with Gasteiger partial charge in [0.15, 0.2) is 0 Å². The molecule has 0 saturated heterocycles. The lowest BCUT2D eigenvalue weighted by Gasteiger charge is -2.24. The first-order valence-corrected chi connectivity index (χ1v) is 5.14. The van der Waals surface area contributed by atoms with Crippen molar-refractivity contribution < 1.29 is 8.78 Å². The summed E-state index contributed by atoms with van der Waals surface area (Å²) in [6, 6.07) is 0. The Labute approximate surface area is 80.7 Å². The molecule has 0 aliphatic carbocycles. The van der Waals surface area contributed by atoms with E-state index in [2.05, 4.69) is 0 Å². The minimum Gasteiger partial charge on any atom is -0.251 e. The molecule has 0 fully saturated rings. The highest BCUT2D eigenvalue weighted by molar-refractivity contribution is 4.70. The maximum atomic E-state index is 12.5. The van der Waals surface area contributed by atoms with Crippen LogP contribution >= 0.6 is 0 Å². The molecule has 80 valence electrons. The van der Waals surface area contributed by atoms with Gasteiger partial charge in [0.25, 0.3) is 0 Å². The monoisotopic (exact) mass is 192 g/mol. The zero-order chi connectivity index (χ0) is 10.4. The highest BCUT2D eigenvalue weighted by atomic mass is 19.1. The lowest BCUT2D eigenvalue weighted by Crippen LogP contribution is -2.20. The van der Waals surface area contributed by atoms with Crippen LogP contribution in [-0.2, 0) is 0 Å². The molecule has 0 aromatic heterocycles. The normalized spacial score (nSPS) is 16.6. The average molecular weight is 192 g/mol. The van der Waals surface area contributed by atoms with E-state index in [4.69, 9.17) is 0 Å². The number of halogens is 2. The van der Waals surface area contributed by atoms with Gasteiger partial charge >= 0.3 is 0 Å². The van der Waals surface area contributed by atoms with Crippen LogP contribution in [0.25, 0.3) is 0 Å². The minimum atomic E-state index is -0.319. The summed E-state index contributed by atoms with van der Waals surface area (Å²) in [5.74, 6) is 0.696. The smallest absolute Gasteiger partial charge is 0.0925 e. The van der Waals surface area contributed by atoms with E-state index in [0.717, 1.165) is 0 Å². The van der Waals surface area contributed by atoms with Gasteiger partial charge in [-0.05, 0) is 30.1 Å². The molecule has 0 aliphatic rings. The van der Waals surface area contributed by atoms with Crippen molar-refractivity contribution in [2.45, 2.75) is 34.1 Å². The Balaban J connectivity index is 4.03. The van der Waals surface area contributed by atoms with Gasteiger partial charge in [0, 0.05) is 0 Å². The molecule has 0 spiro atoms. The van der Waals surface area contributed by atoms with Crippen LogP contribution in [-0.4, -0.2) is 13.3 Å². The third-order valence-corrected chi connectivity index (χ3v) is 2.89. The number of hydrogen-bond donors (Lipinski definition) is 0. The second-order valence-corrected chi connectivity index (χ2v) is 4.55. The van der Waals surface area contributed by atoms with E-state index in [1.54, 1.807) is 0 Å². The van der Waals surface area contributed by atoms with Crippen molar-refractivity contribution in [2.75, 3.05) is 13.3 Å². The van der Waals surface area contributed by atoms with Crippen LogP contribution in [0.15, 0.2) is 0 Å². The molecule has 0 saturated carbocycles. The van der Waals surface area contributed by atoms with Crippen LogP contribution in [0.5, 0.6) is 0 Å². The second-order valence-electron chi connectivity index (χ2n) is 4.55. The van der Waals surface area contributed by atoms with Gasteiger partial charge in [-0.15, -0.1) is 0 Å². The molecular weight excluding hydrogens is 170 g/mol. The fourth-order valence-corrected chi connectivity index (χ4v) is 1.42. The molecule has 0 N–H and O–H groups in total. The first-order valence-electron chi connectivity index (χ1n) is 5.14. The summed E-state index contributed by atoms with van der Waals surface area (Å²) < 4.78 is 25.1. The summed E-state index contributed by atoms with van der Waals surface area (Å²) in [4.78, 5) is 0. The summed E-state index contributed by atoms with van der Waals surface area (Å²) in [5, 5.41) is 0. The molecule has 0 aliphatic heterocycles. The Kier molecular flexibility index (Phi) is 6.27. The predicted molar refractivity (Wildman–Crippen MR) is 53.2 cm³/mol. The maximum absolute atomic E-state index is 12.5. The lowest BCUT2D eigenvalue weighted by atomic mass is 9.83. The molecule has 0 bridgehead atoms. The average Bonchev–Trinajstić information content (AvgIpc) is 2.05. The van der Waals surface area contributed by atoms with E-state index >= 15 is 0 Å². The Morgan fingerprint density at radius 1 is 0.769 bits per heavy atom. The van der Waals surface area contributed by atoms with Gasteiger partial charge in [-0.3, -0.25) is 8.78 Å². The van der Waals surface area contributed by atoms with Gasteiger partial charge in [0.1, 0.15) is 0 Å². The Morgan fingerprint density at radius 3 is 1.23 bits per heavy atom. The van der Waals surface area contributed by atoms with E-state index in [0.29, 0.717) is 18.3 Å². The van der Waals surface area contributed by atoms with Crippen molar-refractivity contribution in [3.63, 3.8) is 0 Å². The van der Waals surface area contributed by atoms with Gasteiger partial charge in [-0.1, -0.05) is 27.7 Å². The topological polar surface area (TPSA) is 0 Å². The van der Waals surface area contributed by atoms with E-state index in [-0.39, 0.29) is 25.2 Å². The SMILES string of the molecule is CC(C)C(CF)CC(CF)C(C)C. The molecule has 0 radical (unpaired) electrons. The predicted octanol–water partition coefficient (Wildman–Crippen LogP) is 3.86. The number of rotatable bonds is 6. The third-order valence-electron chi connectivity index (χ3n) is 2.89. The second kappa shape index (κ2) is 6.33. The molecule has 13 heavy (non-hydrogen) atoms. The van der Waals surface area contributed by atoms with Crippen LogP contribution in [0, 0.1) is 23.7 Å². The van der Waals surface area contributed by atoms with Crippen molar-refractivity contribution in [2.24, 2.45) is 23.7 Å². The van der Waals surface area contributed by atoms with Crippen LogP contribution in [0.2, 0.25) is 0 Å². The number of hydrogen-bond acceptors (Lipinski definition) is 0. The zero-order valence-electron chi connectivity index (χ0n) is 9.19. The van der Waals surface area contributed by atoms with Crippen molar-refractivity contribution >= 4 is 0 Å². The highest BCUT2D eigenvalue weighted by Gasteiger charge is 2.21. The number of alkyl halides is 2. The molecule has 2 unspecified atom stereocenters. The summed E-state index contributed by atoms with van der Waals surface area (Å²) in [6.07, 6.45) is 0.683. The minimum absolute atomic E-state index is 0.0307. The summed E-state index contributed by atoms with van der Waals surface area (Å²) in [5.41, 5.74) is 0. The fourth-order valence-electron chi connectivity index (χ4n) is 1.42. The molecule has 0 amide bonds. The highest BCUT2D eigenvalue weighted by Crippen LogP contribution is 2.25. The van der Waals surface area contributed by atoms with Crippen molar-refractivity contribution in [1.29, 1.82) is 0 Å². The van der Waals surface area contributed by atoms with Gasteiger partial charge < -0.3 is 0 Å². The molecule has 2 heteroatoms. The van der Waals surface area contributed by atoms with Crippen molar-refractivity contribution in [1.82, 2.24) is 0 Å².